The van der Waals surface area contributed by atoms with Gasteiger partial charge in [-0.05, 0) is 18.1 Å². The lowest BCUT2D eigenvalue weighted by Crippen LogP contribution is -2.27. The molecule has 2 rings (SSSR count). The first-order chi connectivity index (χ1) is 8.84. The van der Waals surface area contributed by atoms with Crippen LogP contribution in [-0.4, -0.2) is 18.3 Å². The van der Waals surface area contributed by atoms with Gasteiger partial charge < -0.3 is 4.90 Å². The largest absolute Gasteiger partial charge is 0.419 e. The van der Waals surface area contributed by atoms with Crippen LogP contribution in [0.4, 0.5) is 18.9 Å². The van der Waals surface area contributed by atoms with Crippen molar-refractivity contribution in [2.24, 2.45) is 5.92 Å². The van der Waals surface area contributed by atoms with E-state index in [1.165, 1.54) is 12.1 Å². The summed E-state index contributed by atoms with van der Waals surface area (Å²) < 4.78 is 39.1. The molecule has 1 amide bonds. The molecule has 0 radical (unpaired) electrons. The fraction of sp³-hybridized carbons (Fsp3) is 0.417. The Balaban J connectivity index is 2.46. The van der Waals surface area contributed by atoms with Gasteiger partial charge >= 0.3 is 6.18 Å². The number of hydrogen-bond donors (Lipinski definition) is 0. The number of nitrogens with zero attached hydrogens (tertiary/aromatic N) is 1. The summed E-state index contributed by atoms with van der Waals surface area (Å²) in [5.74, 6) is -0.253. The van der Waals surface area contributed by atoms with Gasteiger partial charge in [-0.15, -0.1) is 11.6 Å². The van der Waals surface area contributed by atoms with Crippen LogP contribution in [0.1, 0.15) is 12.0 Å². The summed E-state index contributed by atoms with van der Waals surface area (Å²) in [4.78, 5) is 12.9. The van der Waals surface area contributed by atoms with Gasteiger partial charge in [0.15, 0.2) is 0 Å². The van der Waals surface area contributed by atoms with Crippen LogP contribution in [0, 0.1) is 5.92 Å². The first kappa shape index (κ1) is 14.5. The zero-order chi connectivity index (χ0) is 14.2. The summed E-state index contributed by atoms with van der Waals surface area (Å²) in [5.41, 5.74) is -1.17. The first-order valence-corrected chi connectivity index (χ1v) is 6.48. The van der Waals surface area contributed by atoms with Crippen molar-refractivity contribution in [2.45, 2.75) is 12.6 Å². The van der Waals surface area contributed by atoms with E-state index in [-0.39, 0.29) is 36.4 Å². The Morgan fingerprint density at radius 1 is 1.37 bits per heavy atom. The average Bonchev–Trinajstić information content (AvgIpc) is 2.68. The quantitative estimate of drug-likeness (QED) is 0.757. The molecule has 1 saturated heterocycles. The van der Waals surface area contributed by atoms with Crippen molar-refractivity contribution in [1.82, 2.24) is 0 Å². The van der Waals surface area contributed by atoms with Crippen molar-refractivity contribution in [3.8, 4) is 0 Å². The van der Waals surface area contributed by atoms with Gasteiger partial charge in [-0.1, -0.05) is 17.7 Å². The topological polar surface area (TPSA) is 20.3 Å². The van der Waals surface area contributed by atoms with Gasteiger partial charge in [0, 0.05) is 18.8 Å². The molecule has 1 aromatic rings. The third-order valence-corrected chi connectivity index (χ3v) is 3.74. The molecule has 1 unspecified atom stereocenters. The van der Waals surface area contributed by atoms with Crippen molar-refractivity contribution < 1.29 is 18.0 Å². The molecule has 0 N–H and O–H groups in total. The fourth-order valence-electron chi connectivity index (χ4n) is 2.14. The number of carbonyl (C=O) groups excluding carboxylic acids is 1. The van der Waals surface area contributed by atoms with Crippen LogP contribution < -0.4 is 4.90 Å². The van der Waals surface area contributed by atoms with E-state index in [9.17, 15) is 18.0 Å². The van der Waals surface area contributed by atoms with E-state index < -0.39 is 16.8 Å². The molecule has 0 aliphatic carbocycles. The zero-order valence-corrected chi connectivity index (χ0v) is 11.2. The second-order valence-electron chi connectivity index (χ2n) is 4.36. The van der Waals surface area contributed by atoms with Crippen molar-refractivity contribution in [1.29, 1.82) is 0 Å². The van der Waals surface area contributed by atoms with Crippen LogP contribution in [0.25, 0.3) is 0 Å². The molecule has 1 fully saturated rings. The molecule has 1 aromatic carbocycles. The van der Waals surface area contributed by atoms with Crippen molar-refractivity contribution in [2.75, 3.05) is 17.3 Å². The summed E-state index contributed by atoms with van der Waals surface area (Å²) in [6, 6.07) is 3.81. The number of rotatable bonds is 2. The lowest BCUT2D eigenvalue weighted by Gasteiger charge is -2.22. The summed E-state index contributed by atoms with van der Waals surface area (Å²) in [6.45, 7) is 0.186. The third-order valence-electron chi connectivity index (χ3n) is 2.99. The van der Waals surface area contributed by atoms with Gasteiger partial charge in [-0.25, -0.2) is 0 Å². The Morgan fingerprint density at radius 3 is 2.58 bits per heavy atom. The number of alkyl halides is 4. The van der Waals surface area contributed by atoms with Gasteiger partial charge in [0.1, 0.15) is 0 Å². The summed E-state index contributed by atoms with van der Waals surface area (Å²) in [5, 5.41) is -0.410. The Bertz CT molecular complexity index is 504. The highest BCUT2D eigenvalue weighted by Crippen LogP contribution is 2.42. The van der Waals surface area contributed by atoms with E-state index in [1.807, 2.05) is 0 Å². The second-order valence-corrected chi connectivity index (χ2v) is 5.08. The minimum atomic E-state index is -4.60. The molecule has 1 aliphatic heterocycles. The van der Waals surface area contributed by atoms with Gasteiger partial charge in [-0.3, -0.25) is 4.79 Å². The Kier molecular flexibility index (Phi) is 3.97. The Hall–Kier alpha value is -0.940. The maximum absolute atomic E-state index is 13.0. The number of halogens is 5. The number of anilines is 1. The molecule has 7 heteroatoms. The van der Waals surface area contributed by atoms with Gasteiger partial charge in [0.05, 0.1) is 16.3 Å². The van der Waals surface area contributed by atoms with Gasteiger partial charge in [0.25, 0.3) is 0 Å². The maximum atomic E-state index is 13.0. The molecule has 0 bridgehead atoms. The maximum Gasteiger partial charge on any atom is 0.419 e. The standard InChI is InChI=1S/C12H10Cl2F3NO/c13-5-7-4-10(19)18(6-7)9-3-1-2-8(14)11(9)12(15,16)17/h1-3,7H,4-6H2. The van der Waals surface area contributed by atoms with Gasteiger partial charge in [0.2, 0.25) is 5.91 Å². The summed E-state index contributed by atoms with van der Waals surface area (Å²) in [6.07, 6.45) is -4.44. The van der Waals surface area contributed by atoms with Crippen molar-refractivity contribution in [3.05, 3.63) is 28.8 Å². The van der Waals surface area contributed by atoms with Crippen LogP contribution in [0.2, 0.25) is 5.02 Å². The molecular formula is C12H10Cl2F3NO. The number of benzene rings is 1. The van der Waals surface area contributed by atoms with E-state index in [1.54, 1.807) is 0 Å². The average molecular weight is 312 g/mol. The summed E-state index contributed by atoms with van der Waals surface area (Å²) >= 11 is 11.3. The van der Waals surface area contributed by atoms with E-state index >= 15 is 0 Å². The lowest BCUT2D eigenvalue weighted by molar-refractivity contribution is -0.137. The molecule has 0 saturated carbocycles. The fourth-order valence-corrected chi connectivity index (χ4v) is 2.62. The van der Waals surface area contributed by atoms with Crippen LogP contribution in [0.3, 0.4) is 0 Å². The number of amides is 1. The zero-order valence-electron chi connectivity index (χ0n) is 9.68. The van der Waals surface area contributed by atoms with E-state index in [0.29, 0.717) is 0 Å². The highest BCUT2D eigenvalue weighted by Gasteiger charge is 2.40. The SMILES string of the molecule is O=C1CC(CCl)CN1c1cccc(Cl)c1C(F)(F)F. The van der Waals surface area contributed by atoms with Crippen LogP contribution in [0.5, 0.6) is 0 Å². The molecule has 19 heavy (non-hydrogen) atoms. The van der Waals surface area contributed by atoms with Crippen molar-refractivity contribution >= 4 is 34.8 Å². The van der Waals surface area contributed by atoms with Crippen LogP contribution in [0.15, 0.2) is 18.2 Å². The van der Waals surface area contributed by atoms with Crippen LogP contribution in [-0.2, 0) is 11.0 Å². The highest BCUT2D eigenvalue weighted by molar-refractivity contribution is 6.32. The minimum absolute atomic E-state index is 0.130. The molecule has 1 heterocycles. The summed E-state index contributed by atoms with van der Waals surface area (Å²) in [7, 11) is 0. The molecule has 0 spiro atoms. The number of hydrogen-bond acceptors (Lipinski definition) is 1. The number of carbonyl (C=O) groups is 1. The Labute approximate surface area is 118 Å². The lowest BCUT2D eigenvalue weighted by atomic mass is 10.1. The van der Waals surface area contributed by atoms with E-state index in [0.717, 1.165) is 11.0 Å². The highest BCUT2D eigenvalue weighted by atomic mass is 35.5. The normalized spacial score (nSPS) is 20.2. The monoisotopic (exact) mass is 311 g/mol. The molecule has 104 valence electrons. The predicted octanol–water partition coefficient (Wildman–Crippen LogP) is 3.95. The molecule has 0 aromatic heterocycles. The minimum Gasteiger partial charge on any atom is -0.311 e. The van der Waals surface area contributed by atoms with E-state index in [4.69, 9.17) is 23.2 Å². The molecular weight excluding hydrogens is 302 g/mol. The first-order valence-electron chi connectivity index (χ1n) is 5.56. The van der Waals surface area contributed by atoms with Crippen LogP contribution >= 0.6 is 23.2 Å². The second kappa shape index (κ2) is 5.21. The third kappa shape index (κ3) is 2.82. The molecule has 1 atom stereocenters. The molecule has 1 aliphatic rings. The predicted molar refractivity (Wildman–Crippen MR) is 67.6 cm³/mol. The van der Waals surface area contributed by atoms with Crippen molar-refractivity contribution in [3.63, 3.8) is 0 Å². The van der Waals surface area contributed by atoms with Gasteiger partial charge in [-0.2, -0.15) is 13.2 Å². The smallest absolute Gasteiger partial charge is 0.311 e. The Morgan fingerprint density at radius 2 is 2.05 bits per heavy atom. The molecule has 2 nitrogen and oxygen atoms in total. The van der Waals surface area contributed by atoms with E-state index in [2.05, 4.69) is 0 Å².